The highest BCUT2D eigenvalue weighted by Gasteiger charge is 2.30. The minimum absolute atomic E-state index is 0.00983. The summed E-state index contributed by atoms with van der Waals surface area (Å²) in [5.41, 5.74) is 3.02. The maximum Gasteiger partial charge on any atom is 0.416 e. The molecule has 1 aromatic heterocycles. The van der Waals surface area contributed by atoms with Crippen LogP contribution in [0.2, 0.25) is 0 Å². The van der Waals surface area contributed by atoms with Crippen LogP contribution in [0.4, 0.5) is 17.6 Å². The van der Waals surface area contributed by atoms with Crippen LogP contribution < -0.4 is 16.0 Å². The van der Waals surface area contributed by atoms with Gasteiger partial charge in [-0.1, -0.05) is 18.2 Å². The van der Waals surface area contributed by atoms with Crippen LogP contribution in [0, 0.1) is 5.82 Å². The maximum atomic E-state index is 13.9. The summed E-state index contributed by atoms with van der Waals surface area (Å²) >= 11 is 0. The van der Waals surface area contributed by atoms with Gasteiger partial charge < -0.3 is 14.6 Å². The quantitative estimate of drug-likeness (QED) is 0.0967. The molecule has 10 heteroatoms. The molecule has 0 unspecified atom stereocenters. The molecule has 0 atom stereocenters. The number of nitrogens with two attached hydrogens (primary N) is 1. The Balaban J connectivity index is 1.47. The molecule has 3 rings (SSSR count). The number of aromatic nitrogens is 1. The molecule has 0 saturated heterocycles. The summed E-state index contributed by atoms with van der Waals surface area (Å²) in [6.45, 7) is 0.887. The molecule has 0 aliphatic rings. The molecule has 0 radical (unpaired) electrons. The van der Waals surface area contributed by atoms with Crippen LogP contribution in [-0.4, -0.2) is 17.9 Å². The number of aryl methyl sites for hydroxylation is 1. The van der Waals surface area contributed by atoms with Gasteiger partial charge in [-0.25, -0.2) is 15.2 Å². The predicted molar refractivity (Wildman–Crippen MR) is 121 cm³/mol. The molecular weight excluding hydrogens is 452 g/mol. The summed E-state index contributed by atoms with van der Waals surface area (Å²) in [4.78, 5) is 8.29. The van der Waals surface area contributed by atoms with Gasteiger partial charge in [-0.2, -0.15) is 13.2 Å². The van der Waals surface area contributed by atoms with Crippen LogP contribution in [0.5, 0.6) is 5.75 Å². The zero-order valence-corrected chi connectivity index (χ0v) is 18.2. The Kier molecular flexibility index (Phi) is 8.80. The van der Waals surface area contributed by atoms with E-state index in [1.807, 2.05) is 24.3 Å². The van der Waals surface area contributed by atoms with E-state index in [1.165, 1.54) is 30.3 Å². The summed E-state index contributed by atoms with van der Waals surface area (Å²) in [5.74, 6) is 4.97. The molecule has 3 aromatic rings. The molecule has 0 fully saturated rings. The van der Waals surface area contributed by atoms with Crippen molar-refractivity contribution in [1.29, 1.82) is 0 Å². The lowest BCUT2D eigenvalue weighted by atomic mass is 10.1. The van der Waals surface area contributed by atoms with Crippen LogP contribution in [0.3, 0.4) is 0 Å². The number of alkyl halides is 3. The van der Waals surface area contributed by atoms with Crippen molar-refractivity contribution in [1.82, 2.24) is 10.4 Å². The third-order valence-corrected chi connectivity index (χ3v) is 4.78. The SMILES string of the molecule is NNC=NCCCCc1ccc(OCc2coc(/C=C/c3ccc(C(F)(F)F)cc3F)n2)cc1. The number of aliphatic imine (C=N–C) groups is 1. The molecule has 34 heavy (non-hydrogen) atoms. The van der Waals surface area contributed by atoms with E-state index in [-0.39, 0.29) is 18.1 Å². The van der Waals surface area contributed by atoms with Crippen molar-refractivity contribution in [3.63, 3.8) is 0 Å². The number of benzene rings is 2. The minimum atomic E-state index is -4.60. The molecule has 0 aliphatic heterocycles. The highest BCUT2D eigenvalue weighted by Crippen LogP contribution is 2.30. The number of halogens is 4. The first-order chi connectivity index (χ1) is 16.3. The van der Waals surface area contributed by atoms with E-state index in [2.05, 4.69) is 15.4 Å². The van der Waals surface area contributed by atoms with Crippen LogP contribution in [0.1, 0.15) is 41.1 Å². The van der Waals surface area contributed by atoms with Gasteiger partial charge in [0.15, 0.2) is 0 Å². The standard InChI is InChI=1S/C24H24F4N4O2/c25-22-13-19(24(26,27)28)8-6-18(22)7-11-23-32-20(15-34-23)14-33-21-9-4-17(5-10-21)3-1-2-12-30-16-31-29/h4-11,13,15-16H,1-3,12,14,29H2,(H,30,31)/b11-7+. The number of rotatable bonds is 11. The van der Waals surface area contributed by atoms with Crippen LogP contribution in [-0.2, 0) is 19.2 Å². The van der Waals surface area contributed by atoms with Gasteiger partial charge in [0.1, 0.15) is 30.1 Å². The Hall–Kier alpha value is -3.66. The van der Waals surface area contributed by atoms with Gasteiger partial charge in [0, 0.05) is 18.2 Å². The van der Waals surface area contributed by atoms with Gasteiger partial charge in [0.2, 0.25) is 5.89 Å². The van der Waals surface area contributed by atoms with Gasteiger partial charge in [0.25, 0.3) is 0 Å². The van der Waals surface area contributed by atoms with Gasteiger partial charge in [0.05, 0.1) is 11.9 Å². The molecule has 0 aliphatic carbocycles. The zero-order valence-electron chi connectivity index (χ0n) is 18.2. The Morgan fingerprint density at radius 2 is 1.88 bits per heavy atom. The summed E-state index contributed by atoms with van der Waals surface area (Å²) in [7, 11) is 0. The molecule has 0 saturated carbocycles. The summed E-state index contributed by atoms with van der Waals surface area (Å²) in [6.07, 6.45) is 3.86. The molecule has 6 nitrogen and oxygen atoms in total. The monoisotopic (exact) mass is 476 g/mol. The molecule has 3 N–H and O–H groups in total. The number of nitrogens with zero attached hydrogens (tertiary/aromatic N) is 2. The van der Waals surface area contributed by atoms with Gasteiger partial charge >= 0.3 is 6.18 Å². The van der Waals surface area contributed by atoms with E-state index in [0.717, 1.165) is 37.9 Å². The Bertz CT molecular complexity index is 1110. The summed E-state index contributed by atoms with van der Waals surface area (Å²) in [6, 6.07) is 10.1. The number of hydrogen-bond acceptors (Lipinski definition) is 5. The van der Waals surface area contributed by atoms with E-state index < -0.39 is 17.6 Å². The number of nitrogens with one attached hydrogen (secondary N) is 1. The van der Waals surface area contributed by atoms with Crippen LogP contribution in [0.15, 0.2) is 58.1 Å². The Morgan fingerprint density at radius 3 is 2.59 bits per heavy atom. The molecule has 2 aromatic carbocycles. The number of ether oxygens (including phenoxy) is 1. The van der Waals surface area contributed by atoms with Crippen molar-refractivity contribution < 1.29 is 26.7 Å². The fraction of sp³-hybridized carbons (Fsp3) is 0.250. The molecule has 0 bridgehead atoms. The second-order valence-corrected chi connectivity index (χ2v) is 7.34. The second kappa shape index (κ2) is 12.0. The largest absolute Gasteiger partial charge is 0.487 e. The second-order valence-electron chi connectivity index (χ2n) is 7.34. The van der Waals surface area contributed by atoms with Crippen molar-refractivity contribution in [3.8, 4) is 5.75 Å². The minimum Gasteiger partial charge on any atom is -0.487 e. The van der Waals surface area contributed by atoms with Gasteiger partial charge in [-0.05, 0) is 55.2 Å². The van der Waals surface area contributed by atoms with Crippen molar-refractivity contribution >= 4 is 18.5 Å². The van der Waals surface area contributed by atoms with E-state index in [0.29, 0.717) is 17.5 Å². The molecule has 180 valence electrons. The first-order valence-electron chi connectivity index (χ1n) is 10.5. The molecule has 1 heterocycles. The number of hydrogen-bond donors (Lipinski definition) is 2. The van der Waals surface area contributed by atoms with Gasteiger partial charge in [-0.3, -0.25) is 4.99 Å². The lowest BCUT2D eigenvalue weighted by Crippen LogP contribution is -2.19. The normalized spacial score (nSPS) is 12.0. The first kappa shape index (κ1) is 25.0. The Morgan fingerprint density at radius 1 is 1.09 bits per heavy atom. The van der Waals surface area contributed by atoms with Crippen molar-refractivity contribution in [2.45, 2.75) is 32.0 Å². The average Bonchev–Trinajstić information content (AvgIpc) is 3.27. The third kappa shape index (κ3) is 7.73. The van der Waals surface area contributed by atoms with Crippen molar-refractivity contribution in [2.24, 2.45) is 10.8 Å². The fourth-order valence-electron chi connectivity index (χ4n) is 3.02. The topological polar surface area (TPSA) is 85.7 Å². The number of hydrazine groups is 1. The fourth-order valence-corrected chi connectivity index (χ4v) is 3.02. The smallest absolute Gasteiger partial charge is 0.416 e. The number of oxazole rings is 1. The highest BCUT2D eigenvalue weighted by molar-refractivity contribution is 5.66. The average molecular weight is 476 g/mol. The van der Waals surface area contributed by atoms with Gasteiger partial charge in [-0.15, -0.1) is 0 Å². The molecular formula is C24H24F4N4O2. The lowest BCUT2D eigenvalue weighted by Gasteiger charge is -2.07. The van der Waals surface area contributed by atoms with Crippen molar-refractivity contribution in [2.75, 3.05) is 6.54 Å². The Labute approximate surface area is 194 Å². The maximum absolute atomic E-state index is 13.9. The first-order valence-corrected chi connectivity index (χ1v) is 10.5. The van der Waals surface area contributed by atoms with E-state index in [4.69, 9.17) is 15.0 Å². The number of unbranched alkanes of at least 4 members (excludes halogenated alkanes) is 1. The predicted octanol–water partition coefficient (Wildman–Crippen LogP) is 5.40. The van der Waals surface area contributed by atoms with E-state index >= 15 is 0 Å². The molecule has 0 amide bonds. The lowest BCUT2D eigenvalue weighted by molar-refractivity contribution is -0.137. The van der Waals surface area contributed by atoms with Crippen LogP contribution in [0.25, 0.3) is 12.2 Å². The highest BCUT2D eigenvalue weighted by atomic mass is 19.4. The summed E-state index contributed by atoms with van der Waals surface area (Å²) in [5, 5.41) is 0. The third-order valence-electron chi connectivity index (χ3n) is 4.78. The summed E-state index contributed by atoms with van der Waals surface area (Å²) < 4.78 is 62.8. The van der Waals surface area contributed by atoms with Crippen LogP contribution >= 0.6 is 0 Å². The van der Waals surface area contributed by atoms with E-state index in [1.54, 1.807) is 0 Å². The zero-order chi connectivity index (χ0) is 24.4. The van der Waals surface area contributed by atoms with Crippen molar-refractivity contribution in [3.05, 3.63) is 82.8 Å². The van der Waals surface area contributed by atoms with E-state index in [9.17, 15) is 17.6 Å². The molecule has 0 spiro atoms.